The molecule has 2 aromatic rings. The van der Waals surface area contributed by atoms with E-state index in [0.29, 0.717) is 11.1 Å². The maximum atomic E-state index is 6.30. The van der Waals surface area contributed by atoms with Crippen molar-refractivity contribution in [2.24, 2.45) is 0 Å². The third kappa shape index (κ3) is 3.27. The van der Waals surface area contributed by atoms with Gasteiger partial charge >= 0.3 is 0 Å². The summed E-state index contributed by atoms with van der Waals surface area (Å²) in [6.07, 6.45) is 1.05. The van der Waals surface area contributed by atoms with E-state index in [1.165, 1.54) is 0 Å². The molecule has 3 nitrogen and oxygen atoms in total. The predicted octanol–water partition coefficient (Wildman–Crippen LogP) is 4.50. The summed E-state index contributed by atoms with van der Waals surface area (Å²) in [4.78, 5) is 6.84. The molecule has 2 rings (SSSR count). The van der Waals surface area contributed by atoms with E-state index in [4.69, 9.17) is 23.2 Å². The van der Waals surface area contributed by atoms with Crippen LogP contribution in [0.25, 0.3) is 11.0 Å². The van der Waals surface area contributed by atoms with Gasteiger partial charge in [0.2, 0.25) is 0 Å². The van der Waals surface area contributed by atoms with Crippen LogP contribution in [-0.2, 0) is 0 Å². The first-order valence-electron chi connectivity index (χ1n) is 6.86. The second-order valence-corrected chi connectivity index (χ2v) is 6.62. The predicted molar refractivity (Wildman–Crippen MR) is 86.9 cm³/mol. The van der Waals surface area contributed by atoms with Crippen molar-refractivity contribution in [3.8, 4) is 0 Å². The van der Waals surface area contributed by atoms with E-state index in [1.807, 2.05) is 25.1 Å². The van der Waals surface area contributed by atoms with Crippen LogP contribution in [0.2, 0.25) is 5.02 Å². The monoisotopic (exact) mass is 313 g/mol. The van der Waals surface area contributed by atoms with E-state index in [0.717, 1.165) is 29.8 Å². The fourth-order valence-electron chi connectivity index (χ4n) is 2.41. The number of fused-ring (bicyclic) bond motifs is 1. The molecule has 0 saturated carbocycles. The third-order valence-electron chi connectivity index (χ3n) is 3.47. The van der Waals surface area contributed by atoms with Gasteiger partial charge < -0.3 is 9.47 Å². The van der Waals surface area contributed by atoms with E-state index in [2.05, 4.69) is 35.5 Å². The molecular weight excluding hydrogens is 293 g/mol. The van der Waals surface area contributed by atoms with E-state index in [9.17, 15) is 0 Å². The second-order valence-electron chi connectivity index (χ2n) is 5.53. The molecule has 0 aliphatic heterocycles. The number of rotatable bonds is 5. The molecule has 2 unspecified atom stereocenters. The highest BCUT2D eigenvalue weighted by molar-refractivity contribution is 6.31. The van der Waals surface area contributed by atoms with Crippen molar-refractivity contribution in [1.29, 1.82) is 0 Å². The van der Waals surface area contributed by atoms with Crippen molar-refractivity contribution < 1.29 is 0 Å². The van der Waals surface area contributed by atoms with Crippen molar-refractivity contribution in [3.05, 3.63) is 29.0 Å². The molecule has 110 valence electrons. The van der Waals surface area contributed by atoms with Crippen LogP contribution in [0, 0.1) is 0 Å². The molecule has 0 bridgehead atoms. The van der Waals surface area contributed by atoms with Crippen LogP contribution >= 0.6 is 23.2 Å². The fourth-order valence-corrected chi connectivity index (χ4v) is 2.73. The number of nitrogens with zero attached hydrogens (tertiary/aromatic N) is 3. The minimum Gasteiger partial charge on any atom is -0.324 e. The molecule has 0 aliphatic carbocycles. The van der Waals surface area contributed by atoms with Gasteiger partial charge in [0.05, 0.1) is 16.4 Å². The Morgan fingerprint density at radius 2 is 2.00 bits per heavy atom. The Hall–Kier alpha value is -0.770. The molecular formula is C15H21Cl2N3. The van der Waals surface area contributed by atoms with E-state index >= 15 is 0 Å². The van der Waals surface area contributed by atoms with Crippen LogP contribution in [0.4, 0.5) is 0 Å². The average molecular weight is 314 g/mol. The topological polar surface area (TPSA) is 21.1 Å². The average Bonchev–Trinajstić information content (AvgIpc) is 2.74. The molecule has 0 saturated heterocycles. The van der Waals surface area contributed by atoms with E-state index in [-0.39, 0.29) is 5.38 Å². The first-order chi connectivity index (χ1) is 9.40. The van der Waals surface area contributed by atoms with Crippen molar-refractivity contribution in [3.63, 3.8) is 0 Å². The summed E-state index contributed by atoms with van der Waals surface area (Å²) in [6, 6.07) is 6.18. The summed E-state index contributed by atoms with van der Waals surface area (Å²) in [5.41, 5.74) is 2.01. The highest BCUT2D eigenvalue weighted by Gasteiger charge is 2.19. The Labute approximate surface area is 130 Å². The van der Waals surface area contributed by atoms with Crippen LogP contribution in [0.15, 0.2) is 18.2 Å². The van der Waals surface area contributed by atoms with Crippen LogP contribution < -0.4 is 0 Å². The molecule has 0 spiro atoms. The van der Waals surface area contributed by atoms with Crippen LogP contribution in [0.3, 0.4) is 0 Å². The zero-order chi connectivity index (χ0) is 14.9. The molecule has 0 radical (unpaired) electrons. The Balaban J connectivity index is 2.45. The third-order valence-corrected chi connectivity index (χ3v) is 3.90. The highest BCUT2D eigenvalue weighted by Crippen LogP contribution is 2.30. The Kier molecular flexibility index (Phi) is 4.95. The molecule has 1 heterocycles. The lowest BCUT2D eigenvalue weighted by Gasteiger charge is -2.20. The summed E-state index contributed by atoms with van der Waals surface area (Å²) < 4.78 is 2.24. The van der Waals surface area contributed by atoms with Gasteiger partial charge in [-0.25, -0.2) is 4.98 Å². The quantitative estimate of drug-likeness (QED) is 0.758. The van der Waals surface area contributed by atoms with Gasteiger partial charge in [0.1, 0.15) is 5.82 Å². The minimum atomic E-state index is -0.122. The van der Waals surface area contributed by atoms with Crippen LogP contribution in [-0.4, -0.2) is 35.1 Å². The largest absolute Gasteiger partial charge is 0.324 e. The maximum Gasteiger partial charge on any atom is 0.127 e. The Morgan fingerprint density at radius 1 is 1.30 bits per heavy atom. The number of imidazole rings is 1. The SMILES string of the molecule is CC(Cl)c1nc2cc(Cl)ccc2n1C(C)CCN(C)C. The molecule has 5 heteroatoms. The number of aromatic nitrogens is 2. The first-order valence-corrected chi connectivity index (χ1v) is 7.67. The summed E-state index contributed by atoms with van der Waals surface area (Å²) in [5, 5.41) is 0.583. The lowest BCUT2D eigenvalue weighted by molar-refractivity contribution is 0.357. The number of halogens is 2. The maximum absolute atomic E-state index is 6.30. The molecule has 20 heavy (non-hydrogen) atoms. The summed E-state index contributed by atoms with van der Waals surface area (Å²) in [6.45, 7) is 5.20. The van der Waals surface area contributed by atoms with Crippen molar-refractivity contribution in [2.75, 3.05) is 20.6 Å². The highest BCUT2D eigenvalue weighted by atomic mass is 35.5. The number of hydrogen-bond acceptors (Lipinski definition) is 2. The molecule has 1 aromatic heterocycles. The number of alkyl halides is 1. The molecule has 2 atom stereocenters. The molecule has 0 aliphatic rings. The summed E-state index contributed by atoms with van der Waals surface area (Å²) in [5.74, 6) is 0.912. The van der Waals surface area contributed by atoms with Crippen LogP contribution in [0.5, 0.6) is 0 Å². The number of benzene rings is 1. The van der Waals surface area contributed by atoms with Gasteiger partial charge in [-0.15, -0.1) is 11.6 Å². The summed E-state index contributed by atoms with van der Waals surface area (Å²) >= 11 is 12.4. The smallest absolute Gasteiger partial charge is 0.127 e. The summed E-state index contributed by atoms with van der Waals surface area (Å²) in [7, 11) is 4.17. The molecule has 1 aromatic carbocycles. The minimum absolute atomic E-state index is 0.122. The molecule has 0 fully saturated rings. The van der Waals surface area contributed by atoms with Crippen LogP contribution in [0.1, 0.15) is 37.5 Å². The van der Waals surface area contributed by atoms with Gasteiger partial charge in [0.15, 0.2) is 0 Å². The van der Waals surface area contributed by atoms with Gasteiger partial charge in [-0.2, -0.15) is 0 Å². The van der Waals surface area contributed by atoms with Crippen molar-refractivity contribution in [1.82, 2.24) is 14.5 Å². The van der Waals surface area contributed by atoms with Gasteiger partial charge in [-0.3, -0.25) is 0 Å². The molecule has 0 N–H and O–H groups in total. The first kappa shape index (κ1) is 15.6. The fraction of sp³-hybridized carbons (Fsp3) is 0.533. The van der Waals surface area contributed by atoms with E-state index in [1.54, 1.807) is 0 Å². The Morgan fingerprint density at radius 3 is 2.60 bits per heavy atom. The van der Waals surface area contributed by atoms with Gasteiger partial charge in [0, 0.05) is 11.1 Å². The Bertz CT molecular complexity index is 590. The zero-order valence-corrected chi connectivity index (χ0v) is 13.9. The van der Waals surface area contributed by atoms with Crippen molar-refractivity contribution >= 4 is 34.2 Å². The number of hydrogen-bond donors (Lipinski definition) is 0. The van der Waals surface area contributed by atoms with Gasteiger partial charge in [0.25, 0.3) is 0 Å². The van der Waals surface area contributed by atoms with Gasteiger partial charge in [-0.05, 0) is 59.1 Å². The van der Waals surface area contributed by atoms with Gasteiger partial charge in [-0.1, -0.05) is 11.6 Å². The normalized spacial score (nSPS) is 14.9. The standard InChI is InChI=1S/C15H21Cl2N3/c1-10(7-8-19(3)4)20-14-6-5-12(17)9-13(14)18-15(20)11(2)16/h5-6,9-11H,7-8H2,1-4H3. The lowest BCUT2D eigenvalue weighted by atomic mass is 10.2. The van der Waals surface area contributed by atoms with Crippen molar-refractivity contribution in [2.45, 2.75) is 31.7 Å². The lowest BCUT2D eigenvalue weighted by Crippen LogP contribution is -2.18. The molecule has 0 amide bonds. The van der Waals surface area contributed by atoms with E-state index < -0.39 is 0 Å². The zero-order valence-electron chi connectivity index (χ0n) is 12.4. The second kappa shape index (κ2) is 6.33.